The van der Waals surface area contributed by atoms with Crippen LogP contribution in [0, 0.1) is 0 Å². The van der Waals surface area contributed by atoms with Crippen molar-refractivity contribution in [2.45, 2.75) is 44.2 Å². The van der Waals surface area contributed by atoms with E-state index in [0.29, 0.717) is 12.4 Å². The van der Waals surface area contributed by atoms with E-state index in [9.17, 15) is 13.2 Å². The number of ether oxygens (including phenoxy) is 1. The topological polar surface area (TPSA) is 84.5 Å². The molecule has 2 aromatic carbocycles. The van der Waals surface area contributed by atoms with Gasteiger partial charge in [-0.15, -0.1) is 0 Å². The Balaban J connectivity index is 2.22. The van der Waals surface area contributed by atoms with Crippen molar-refractivity contribution >= 4 is 15.9 Å². The molecule has 0 radical (unpaired) electrons. The fourth-order valence-electron chi connectivity index (χ4n) is 2.56. The average molecular weight is 391 g/mol. The summed E-state index contributed by atoms with van der Waals surface area (Å²) in [6.45, 7) is 6.02. The summed E-state index contributed by atoms with van der Waals surface area (Å²) in [6.07, 6.45) is 0.260. The van der Waals surface area contributed by atoms with Crippen LogP contribution in [-0.2, 0) is 21.2 Å². The van der Waals surface area contributed by atoms with Gasteiger partial charge in [0.2, 0.25) is 15.9 Å². The lowest BCUT2D eigenvalue weighted by atomic mass is 10.1. The van der Waals surface area contributed by atoms with Crippen molar-refractivity contribution in [2.24, 2.45) is 0 Å². The monoisotopic (exact) mass is 390 g/mol. The molecule has 0 unspecified atom stereocenters. The Morgan fingerprint density at radius 1 is 1.04 bits per heavy atom. The molecule has 0 heterocycles. The summed E-state index contributed by atoms with van der Waals surface area (Å²) in [7, 11) is -3.86. The first-order valence-electron chi connectivity index (χ1n) is 8.91. The molecule has 0 saturated carbocycles. The van der Waals surface area contributed by atoms with Crippen LogP contribution >= 0.6 is 0 Å². The Morgan fingerprint density at radius 2 is 1.67 bits per heavy atom. The second-order valence-electron chi connectivity index (χ2n) is 6.43. The molecule has 0 fully saturated rings. The molecular formula is C20H26N2O4S. The van der Waals surface area contributed by atoms with Gasteiger partial charge in [-0.25, -0.2) is 8.42 Å². The molecule has 1 atom stereocenters. The predicted octanol–water partition coefficient (Wildman–Crippen LogP) is 2.50. The molecule has 0 bridgehead atoms. The lowest BCUT2D eigenvalue weighted by molar-refractivity contribution is -0.123. The van der Waals surface area contributed by atoms with Crippen LogP contribution in [0.15, 0.2) is 59.5 Å². The summed E-state index contributed by atoms with van der Waals surface area (Å²) in [5, 5.41) is 2.78. The number of amides is 1. The highest BCUT2D eigenvalue weighted by molar-refractivity contribution is 7.89. The predicted molar refractivity (Wildman–Crippen MR) is 105 cm³/mol. The minimum Gasteiger partial charge on any atom is -0.494 e. The molecule has 146 valence electrons. The number of sulfonamides is 1. The van der Waals surface area contributed by atoms with E-state index in [2.05, 4.69) is 10.0 Å². The molecule has 0 aliphatic rings. The lowest BCUT2D eigenvalue weighted by Crippen LogP contribution is -2.49. The zero-order valence-corrected chi connectivity index (χ0v) is 16.6. The van der Waals surface area contributed by atoms with Gasteiger partial charge in [0.25, 0.3) is 0 Å². The zero-order valence-electron chi connectivity index (χ0n) is 15.8. The molecule has 0 saturated heterocycles. The lowest BCUT2D eigenvalue weighted by Gasteiger charge is -2.20. The molecule has 2 aromatic rings. The van der Waals surface area contributed by atoms with Crippen LogP contribution in [0.4, 0.5) is 0 Å². The third-order valence-corrected chi connectivity index (χ3v) is 5.26. The van der Waals surface area contributed by atoms with Crippen molar-refractivity contribution in [3.05, 3.63) is 60.2 Å². The van der Waals surface area contributed by atoms with E-state index in [-0.39, 0.29) is 23.3 Å². The fourth-order valence-corrected chi connectivity index (χ4v) is 3.76. The summed E-state index contributed by atoms with van der Waals surface area (Å²) in [5.41, 5.74) is 0.871. The second kappa shape index (κ2) is 9.53. The van der Waals surface area contributed by atoms with Crippen LogP contribution in [0.5, 0.6) is 5.75 Å². The number of rotatable bonds is 9. The van der Waals surface area contributed by atoms with E-state index in [1.54, 1.807) is 12.1 Å². The second-order valence-corrected chi connectivity index (χ2v) is 8.15. The number of hydrogen-bond donors (Lipinski definition) is 2. The first-order chi connectivity index (χ1) is 12.8. The maximum Gasteiger partial charge on any atom is 0.241 e. The molecule has 0 aromatic heterocycles. The normalized spacial score (nSPS) is 12.6. The van der Waals surface area contributed by atoms with Gasteiger partial charge >= 0.3 is 0 Å². The number of nitrogens with one attached hydrogen (secondary N) is 2. The molecular weight excluding hydrogens is 364 g/mol. The van der Waals surface area contributed by atoms with E-state index in [0.717, 1.165) is 5.56 Å². The Bertz CT molecular complexity index is 834. The average Bonchev–Trinajstić information content (AvgIpc) is 2.62. The van der Waals surface area contributed by atoms with Gasteiger partial charge in [0.05, 0.1) is 11.5 Å². The van der Waals surface area contributed by atoms with Crippen LogP contribution in [0.3, 0.4) is 0 Å². The molecule has 0 spiro atoms. The number of carbonyl (C=O) groups is 1. The van der Waals surface area contributed by atoms with E-state index in [1.165, 1.54) is 12.1 Å². The first-order valence-corrected chi connectivity index (χ1v) is 10.4. The van der Waals surface area contributed by atoms with Crippen molar-refractivity contribution in [1.82, 2.24) is 10.0 Å². The summed E-state index contributed by atoms with van der Waals surface area (Å²) < 4.78 is 33.4. The standard InChI is InChI=1S/C20H26N2O4S/c1-4-26-17-10-12-18(13-11-17)27(24,25)22-19(20(23)21-15(2)3)14-16-8-6-5-7-9-16/h5-13,15,19,22H,4,14H2,1-3H3,(H,21,23)/t19-/m0/s1. The Hall–Kier alpha value is -2.38. The highest BCUT2D eigenvalue weighted by Gasteiger charge is 2.26. The molecule has 2 rings (SSSR count). The molecule has 27 heavy (non-hydrogen) atoms. The van der Waals surface area contributed by atoms with Gasteiger partial charge in [0.1, 0.15) is 11.8 Å². The van der Waals surface area contributed by atoms with Gasteiger partial charge in [0.15, 0.2) is 0 Å². The number of carbonyl (C=O) groups excluding carboxylic acids is 1. The van der Waals surface area contributed by atoms with E-state index < -0.39 is 16.1 Å². The number of benzene rings is 2. The summed E-state index contributed by atoms with van der Waals surface area (Å²) in [5.74, 6) is 0.234. The van der Waals surface area contributed by atoms with Crippen molar-refractivity contribution < 1.29 is 17.9 Å². The van der Waals surface area contributed by atoms with E-state index in [4.69, 9.17) is 4.74 Å². The largest absolute Gasteiger partial charge is 0.494 e. The van der Waals surface area contributed by atoms with Gasteiger partial charge in [0, 0.05) is 6.04 Å². The molecule has 0 aliphatic carbocycles. The maximum absolute atomic E-state index is 12.8. The van der Waals surface area contributed by atoms with Crippen molar-refractivity contribution in [3.63, 3.8) is 0 Å². The zero-order chi connectivity index (χ0) is 19.9. The van der Waals surface area contributed by atoms with Gasteiger partial charge in [-0.3, -0.25) is 4.79 Å². The molecule has 2 N–H and O–H groups in total. The van der Waals surface area contributed by atoms with Crippen molar-refractivity contribution in [2.75, 3.05) is 6.61 Å². The van der Waals surface area contributed by atoms with Crippen LogP contribution in [0.1, 0.15) is 26.3 Å². The van der Waals surface area contributed by atoms with Crippen LogP contribution in [0.2, 0.25) is 0 Å². The van der Waals surface area contributed by atoms with E-state index in [1.807, 2.05) is 51.1 Å². The Kier molecular flexibility index (Phi) is 7.38. The van der Waals surface area contributed by atoms with Crippen molar-refractivity contribution in [1.29, 1.82) is 0 Å². The smallest absolute Gasteiger partial charge is 0.241 e. The first kappa shape index (κ1) is 20.9. The molecule has 6 nitrogen and oxygen atoms in total. The molecule has 0 aliphatic heterocycles. The Labute approximate surface area is 161 Å². The molecule has 1 amide bonds. The van der Waals surface area contributed by atoms with Gasteiger partial charge < -0.3 is 10.1 Å². The van der Waals surface area contributed by atoms with E-state index >= 15 is 0 Å². The molecule has 7 heteroatoms. The van der Waals surface area contributed by atoms with Gasteiger partial charge in [-0.05, 0) is 57.0 Å². The minimum absolute atomic E-state index is 0.0846. The Morgan fingerprint density at radius 3 is 2.22 bits per heavy atom. The maximum atomic E-state index is 12.8. The van der Waals surface area contributed by atoms with Crippen LogP contribution in [-0.4, -0.2) is 33.0 Å². The quantitative estimate of drug-likeness (QED) is 0.689. The van der Waals surface area contributed by atoms with Gasteiger partial charge in [-0.2, -0.15) is 4.72 Å². The van der Waals surface area contributed by atoms with Crippen LogP contribution < -0.4 is 14.8 Å². The third-order valence-electron chi connectivity index (χ3n) is 3.77. The van der Waals surface area contributed by atoms with Gasteiger partial charge in [-0.1, -0.05) is 30.3 Å². The SMILES string of the molecule is CCOc1ccc(S(=O)(=O)N[C@@H](Cc2ccccc2)C(=O)NC(C)C)cc1. The van der Waals surface area contributed by atoms with Crippen LogP contribution in [0.25, 0.3) is 0 Å². The summed E-state index contributed by atoms with van der Waals surface area (Å²) in [6, 6.07) is 14.4. The fraction of sp³-hybridized carbons (Fsp3) is 0.350. The minimum atomic E-state index is -3.86. The third kappa shape index (κ3) is 6.37. The highest BCUT2D eigenvalue weighted by atomic mass is 32.2. The number of hydrogen-bond acceptors (Lipinski definition) is 4. The summed E-state index contributed by atoms with van der Waals surface area (Å²) >= 11 is 0. The summed E-state index contributed by atoms with van der Waals surface area (Å²) in [4.78, 5) is 12.6. The highest BCUT2D eigenvalue weighted by Crippen LogP contribution is 2.17. The van der Waals surface area contributed by atoms with Crippen molar-refractivity contribution in [3.8, 4) is 5.75 Å².